The Morgan fingerprint density at radius 1 is 1.37 bits per heavy atom. The molecule has 0 fully saturated rings. The van der Waals surface area contributed by atoms with Gasteiger partial charge in [-0.15, -0.1) is 0 Å². The zero-order valence-electron chi connectivity index (χ0n) is 10.5. The van der Waals surface area contributed by atoms with Crippen LogP contribution in [-0.4, -0.2) is 48.9 Å². The first-order chi connectivity index (χ1) is 8.93. The molecule has 1 rings (SSSR count). The second-order valence-electron chi connectivity index (χ2n) is 3.55. The van der Waals surface area contributed by atoms with Crippen LogP contribution in [0.15, 0.2) is 12.0 Å². The number of halogens is 1. The van der Waals surface area contributed by atoms with E-state index < -0.39 is 9.84 Å². The summed E-state index contributed by atoms with van der Waals surface area (Å²) in [6.07, 6.45) is 0. The molecule has 9 heteroatoms. The topological polar surface area (TPSA) is 94.1 Å². The lowest BCUT2D eigenvalue weighted by Gasteiger charge is -2.06. The van der Waals surface area contributed by atoms with Crippen LogP contribution in [0, 0.1) is 6.92 Å². The highest BCUT2D eigenvalue weighted by Gasteiger charge is 2.04. The molecule has 0 aliphatic rings. The van der Waals surface area contributed by atoms with Gasteiger partial charge in [0.15, 0.2) is 9.84 Å². The van der Waals surface area contributed by atoms with Crippen LogP contribution in [0.4, 0.5) is 5.95 Å². The summed E-state index contributed by atoms with van der Waals surface area (Å²) in [5.74, 6) is 0.799. The number of anilines is 1. The average molecular weight is 307 g/mol. The molecule has 0 amide bonds. The summed E-state index contributed by atoms with van der Waals surface area (Å²) in [5, 5.41) is 3.94. The van der Waals surface area contributed by atoms with Crippen molar-refractivity contribution in [3.05, 3.63) is 23.1 Å². The highest BCUT2D eigenvalue weighted by Crippen LogP contribution is 2.04. The number of hydrogen-bond acceptors (Lipinski definition) is 7. The van der Waals surface area contributed by atoms with E-state index in [9.17, 15) is 8.42 Å². The molecule has 0 atom stereocenters. The molecule has 1 heterocycles. The second-order valence-corrected chi connectivity index (χ2v) is 5.95. The van der Waals surface area contributed by atoms with Gasteiger partial charge >= 0.3 is 0 Å². The molecule has 0 spiro atoms. The van der Waals surface area contributed by atoms with E-state index in [0.29, 0.717) is 24.9 Å². The zero-order chi connectivity index (χ0) is 14.3. The van der Waals surface area contributed by atoms with Crippen molar-refractivity contribution in [2.24, 2.45) is 0 Å². The van der Waals surface area contributed by atoms with Crippen LogP contribution in [0.5, 0.6) is 0 Å². The van der Waals surface area contributed by atoms with Crippen LogP contribution in [0.25, 0.3) is 0 Å². The Labute approximate surface area is 117 Å². The molecule has 0 saturated carbocycles. The van der Waals surface area contributed by atoms with Gasteiger partial charge in [-0.25, -0.2) is 13.4 Å². The van der Waals surface area contributed by atoms with Gasteiger partial charge in [0.25, 0.3) is 0 Å². The highest BCUT2D eigenvalue weighted by molar-refractivity contribution is 7.94. The summed E-state index contributed by atoms with van der Waals surface area (Å²) in [6.45, 7) is 5.80. The summed E-state index contributed by atoms with van der Waals surface area (Å²) >= 11 is 5.67. The predicted molar refractivity (Wildman–Crippen MR) is 72.9 cm³/mol. The van der Waals surface area contributed by atoms with Crippen LogP contribution in [0.2, 0.25) is 5.28 Å². The highest BCUT2D eigenvalue weighted by atomic mass is 35.5. The third-order valence-corrected chi connectivity index (χ3v) is 3.43. The minimum atomic E-state index is -3.20. The Morgan fingerprint density at radius 3 is 2.74 bits per heavy atom. The van der Waals surface area contributed by atoms with Crippen molar-refractivity contribution in [3.63, 3.8) is 0 Å². The number of nitrogens with one attached hydrogen (secondary N) is 1. The van der Waals surface area contributed by atoms with Crippen LogP contribution in [-0.2, 0) is 14.6 Å². The van der Waals surface area contributed by atoms with Crippen molar-refractivity contribution in [2.75, 3.05) is 30.8 Å². The average Bonchev–Trinajstić information content (AvgIpc) is 2.32. The lowest BCUT2D eigenvalue weighted by molar-refractivity contribution is 0.159. The van der Waals surface area contributed by atoms with Gasteiger partial charge in [-0.3, -0.25) is 0 Å². The van der Waals surface area contributed by atoms with Crippen molar-refractivity contribution in [2.45, 2.75) is 6.92 Å². The van der Waals surface area contributed by atoms with Gasteiger partial charge in [-0.05, 0) is 18.5 Å². The molecule has 0 aliphatic heterocycles. The molecule has 0 unspecified atom stereocenters. The Kier molecular flexibility index (Phi) is 6.13. The first-order valence-corrected chi connectivity index (χ1v) is 7.57. The van der Waals surface area contributed by atoms with Crippen LogP contribution in [0.1, 0.15) is 5.82 Å². The summed E-state index contributed by atoms with van der Waals surface area (Å²) in [5.41, 5.74) is 0. The van der Waals surface area contributed by atoms with E-state index in [2.05, 4.69) is 26.8 Å². The molecular formula is C10H15ClN4O3S. The fraction of sp³-hybridized carbons (Fsp3) is 0.500. The third kappa shape index (κ3) is 6.46. The number of aromatic nitrogens is 3. The zero-order valence-corrected chi connectivity index (χ0v) is 12.0. The Morgan fingerprint density at radius 2 is 2.11 bits per heavy atom. The monoisotopic (exact) mass is 306 g/mol. The fourth-order valence-electron chi connectivity index (χ4n) is 1.12. The Balaban J connectivity index is 2.22. The maximum Gasteiger partial charge on any atom is 0.227 e. The largest absolute Gasteiger partial charge is 0.379 e. The van der Waals surface area contributed by atoms with E-state index in [4.69, 9.17) is 16.3 Å². The quantitative estimate of drug-likeness (QED) is 0.710. The molecule has 0 aliphatic carbocycles. The van der Waals surface area contributed by atoms with Gasteiger partial charge in [0.05, 0.1) is 19.0 Å². The summed E-state index contributed by atoms with van der Waals surface area (Å²) in [4.78, 5) is 11.7. The summed E-state index contributed by atoms with van der Waals surface area (Å²) < 4.78 is 27.3. The second kappa shape index (κ2) is 7.37. The molecule has 19 heavy (non-hydrogen) atoms. The molecule has 0 radical (unpaired) electrons. The van der Waals surface area contributed by atoms with Crippen LogP contribution < -0.4 is 5.32 Å². The first kappa shape index (κ1) is 15.8. The minimum Gasteiger partial charge on any atom is -0.379 e. The summed E-state index contributed by atoms with van der Waals surface area (Å²) in [6, 6.07) is 0. The van der Waals surface area contributed by atoms with Crippen LogP contribution in [0.3, 0.4) is 0 Å². The molecule has 0 bridgehead atoms. The molecule has 0 saturated heterocycles. The van der Waals surface area contributed by atoms with Gasteiger partial charge in [0.1, 0.15) is 5.82 Å². The number of hydrogen-bond donors (Lipinski definition) is 1. The Hall–Kier alpha value is -1.25. The SMILES string of the molecule is C=CS(=O)(=O)CCOCCNc1nc(C)nc(Cl)n1. The maximum absolute atomic E-state index is 11.1. The molecule has 7 nitrogen and oxygen atoms in total. The molecular weight excluding hydrogens is 292 g/mol. The van der Waals surface area contributed by atoms with E-state index in [-0.39, 0.29) is 17.6 Å². The number of nitrogens with zero attached hydrogens (tertiary/aromatic N) is 3. The smallest absolute Gasteiger partial charge is 0.227 e. The molecule has 0 aromatic carbocycles. The molecule has 106 valence electrons. The van der Waals surface area contributed by atoms with E-state index >= 15 is 0 Å². The van der Waals surface area contributed by atoms with Crippen molar-refractivity contribution in [1.29, 1.82) is 0 Å². The predicted octanol–water partition coefficient (Wildman–Crippen LogP) is 0.820. The van der Waals surface area contributed by atoms with Crippen molar-refractivity contribution >= 4 is 27.4 Å². The molecule has 1 aromatic heterocycles. The third-order valence-electron chi connectivity index (χ3n) is 2.02. The van der Waals surface area contributed by atoms with Gasteiger partial charge in [0, 0.05) is 12.0 Å². The van der Waals surface area contributed by atoms with Crippen molar-refractivity contribution < 1.29 is 13.2 Å². The van der Waals surface area contributed by atoms with E-state index in [1.54, 1.807) is 6.92 Å². The number of ether oxygens (including phenoxy) is 1. The minimum absolute atomic E-state index is 0.0762. The Bertz CT molecular complexity index is 515. The van der Waals surface area contributed by atoms with E-state index in [1.165, 1.54) is 0 Å². The fourth-order valence-corrected chi connectivity index (χ4v) is 1.84. The lowest BCUT2D eigenvalue weighted by atomic mass is 10.6. The standard InChI is InChI=1S/C10H15ClN4O3S/c1-3-19(16,17)7-6-18-5-4-12-10-14-8(2)13-9(11)15-10/h3H,1,4-7H2,2H3,(H,12,13,14,15). The van der Waals surface area contributed by atoms with Gasteiger partial charge < -0.3 is 10.1 Å². The maximum atomic E-state index is 11.1. The van der Waals surface area contributed by atoms with Gasteiger partial charge in [0.2, 0.25) is 11.2 Å². The van der Waals surface area contributed by atoms with Crippen LogP contribution >= 0.6 is 11.6 Å². The first-order valence-electron chi connectivity index (χ1n) is 5.48. The van der Waals surface area contributed by atoms with E-state index in [0.717, 1.165) is 5.41 Å². The normalized spacial score (nSPS) is 11.3. The van der Waals surface area contributed by atoms with Gasteiger partial charge in [-0.2, -0.15) is 9.97 Å². The van der Waals surface area contributed by atoms with Crippen molar-refractivity contribution in [1.82, 2.24) is 15.0 Å². The number of rotatable bonds is 8. The van der Waals surface area contributed by atoms with E-state index in [1.807, 2.05) is 0 Å². The van der Waals surface area contributed by atoms with Gasteiger partial charge in [-0.1, -0.05) is 6.58 Å². The lowest BCUT2D eigenvalue weighted by Crippen LogP contribution is -2.16. The number of sulfone groups is 1. The number of aryl methyl sites for hydroxylation is 1. The van der Waals surface area contributed by atoms with Crippen molar-refractivity contribution in [3.8, 4) is 0 Å². The molecule has 1 aromatic rings. The molecule has 1 N–H and O–H groups in total. The summed E-state index contributed by atoms with van der Waals surface area (Å²) in [7, 11) is -3.20.